The second-order valence-electron chi connectivity index (χ2n) is 5.86. The summed E-state index contributed by atoms with van der Waals surface area (Å²) in [6, 6.07) is 3.47. The minimum Gasteiger partial charge on any atom is -0.506 e. The molecule has 1 N–H and O–H groups in total. The van der Waals surface area contributed by atoms with Crippen LogP contribution >= 0.6 is 43.2 Å². The van der Waals surface area contributed by atoms with Crippen molar-refractivity contribution in [3.63, 3.8) is 0 Å². The molecule has 1 aliphatic rings. The maximum atomic E-state index is 12.8. The number of aromatic nitrogens is 2. The van der Waals surface area contributed by atoms with E-state index < -0.39 is 0 Å². The van der Waals surface area contributed by atoms with E-state index in [0.29, 0.717) is 15.4 Å². The van der Waals surface area contributed by atoms with E-state index in [0.717, 1.165) is 34.1 Å². The van der Waals surface area contributed by atoms with Crippen LogP contribution in [0.1, 0.15) is 28.8 Å². The molecule has 1 aliphatic carbocycles. The normalized spacial score (nSPS) is 14.3. The van der Waals surface area contributed by atoms with Crippen molar-refractivity contribution in [3.05, 3.63) is 53.8 Å². The molecule has 0 bridgehead atoms. The molecular formula is C17H13Br2N3O2S. The molecule has 4 rings (SSSR count). The first-order chi connectivity index (χ1) is 12.0. The van der Waals surface area contributed by atoms with Gasteiger partial charge in [0.25, 0.3) is 5.56 Å². The van der Waals surface area contributed by atoms with Crippen LogP contribution in [0.4, 0.5) is 0 Å². The highest BCUT2D eigenvalue weighted by atomic mass is 79.9. The topological polar surface area (TPSA) is 67.5 Å². The van der Waals surface area contributed by atoms with Crippen LogP contribution in [0, 0.1) is 0 Å². The molecule has 0 aliphatic heterocycles. The number of benzene rings is 1. The van der Waals surface area contributed by atoms with Crippen molar-refractivity contribution in [3.8, 4) is 5.75 Å². The highest BCUT2D eigenvalue weighted by Gasteiger charge is 2.19. The smallest absolute Gasteiger partial charge is 0.282 e. The molecule has 0 atom stereocenters. The molecule has 0 saturated carbocycles. The monoisotopic (exact) mass is 481 g/mol. The summed E-state index contributed by atoms with van der Waals surface area (Å²) in [5.74, 6) is 0.0712. The fraction of sp³-hybridized carbons (Fsp3) is 0.235. The van der Waals surface area contributed by atoms with Crippen LogP contribution in [0.25, 0.3) is 10.2 Å². The minimum atomic E-state index is -0.158. The number of aromatic hydroxyl groups is 1. The number of phenols is 1. The molecule has 0 radical (unpaired) electrons. The number of thiophene rings is 1. The Bertz CT molecular complexity index is 1070. The van der Waals surface area contributed by atoms with Crippen molar-refractivity contribution >= 4 is 59.6 Å². The van der Waals surface area contributed by atoms with Gasteiger partial charge in [-0.1, -0.05) is 15.9 Å². The molecular weight excluding hydrogens is 470 g/mol. The molecule has 0 saturated heterocycles. The summed E-state index contributed by atoms with van der Waals surface area (Å²) in [7, 11) is 0. The number of hydrogen-bond donors (Lipinski definition) is 1. The molecule has 2 aromatic heterocycles. The number of aryl methyl sites for hydroxylation is 2. The van der Waals surface area contributed by atoms with Crippen LogP contribution in [0.5, 0.6) is 5.75 Å². The van der Waals surface area contributed by atoms with E-state index in [1.807, 2.05) is 0 Å². The van der Waals surface area contributed by atoms with Gasteiger partial charge in [0.1, 0.15) is 16.9 Å². The van der Waals surface area contributed by atoms with Crippen molar-refractivity contribution in [2.24, 2.45) is 5.10 Å². The lowest BCUT2D eigenvalue weighted by molar-refractivity contribution is 0.471. The van der Waals surface area contributed by atoms with Crippen molar-refractivity contribution < 1.29 is 5.11 Å². The summed E-state index contributed by atoms with van der Waals surface area (Å²) in [5.41, 5.74) is 1.48. The van der Waals surface area contributed by atoms with Crippen LogP contribution in [-0.2, 0) is 12.8 Å². The zero-order chi connectivity index (χ0) is 17.6. The fourth-order valence-electron chi connectivity index (χ4n) is 3.03. The summed E-state index contributed by atoms with van der Waals surface area (Å²) in [6.07, 6.45) is 7.13. The molecule has 8 heteroatoms. The number of halogens is 2. The van der Waals surface area contributed by atoms with E-state index in [9.17, 15) is 9.90 Å². The lowest BCUT2D eigenvalue weighted by atomic mass is 9.97. The van der Waals surface area contributed by atoms with Crippen molar-refractivity contribution in [2.45, 2.75) is 25.7 Å². The predicted molar refractivity (Wildman–Crippen MR) is 107 cm³/mol. The standard InChI is InChI=1S/C17H13Br2N3O2S/c18-10-5-9(15(23)12(19)6-10)7-21-22-8-20-16-14(17(22)24)11-3-1-2-4-13(11)25-16/h5-8,23H,1-4H2/b21-7+. The maximum absolute atomic E-state index is 12.8. The zero-order valence-electron chi connectivity index (χ0n) is 13.0. The Morgan fingerprint density at radius 3 is 2.92 bits per heavy atom. The van der Waals surface area contributed by atoms with Gasteiger partial charge in [-0.2, -0.15) is 9.78 Å². The number of phenolic OH excluding ortho intramolecular Hbond substituents is 1. The van der Waals surface area contributed by atoms with Crippen molar-refractivity contribution in [2.75, 3.05) is 0 Å². The van der Waals surface area contributed by atoms with Gasteiger partial charge in [-0.05, 0) is 59.3 Å². The first-order valence-corrected chi connectivity index (χ1v) is 10.2. The molecule has 3 aromatic rings. The fourth-order valence-corrected chi connectivity index (χ4v) is 5.51. The molecule has 5 nitrogen and oxygen atoms in total. The second kappa shape index (κ2) is 6.66. The zero-order valence-corrected chi connectivity index (χ0v) is 17.0. The van der Waals surface area contributed by atoms with Gasteiger partial charge in [-0.25, -0.2) is 4.98 Å². The third-order valence-corrected chi connectivity index (χ3v) is 6.50. The third kappa shape index (κ3) is 3.07. The first-order valence-electron chi connectivity index (χ1n) is 7.79. The average Bonchev–Trinajstić information content (AvgIpc) is 2.97. The van der Waals surface area contributed by atoms with Gasteiger partial charge in [-0.3, -0.25) is 4.79 Å². The third-order valence-electron chi connectivity index (χ3n) is 4.24. The highest BCUT2D eigenvalue weighted by molar-refractivity contribution is 9.11. The van der Waals surface area contributed by atoms with E-state index in [1.165, 1.54) is 28.5 Å². The molecule has 0 amide bonds. The molecule has 25 heavy (non-hydrogen) atoms. The largest absolute Gasteiger partial charge is 0.506 e. The van der Waals surface area contributed by atoms with Gasteiger partial charge in [0.05, 0.1) is 16.1 Å². The lowest BCUT2D eigenvalue weighted by Crippen LogP contribution is -2.18. The Morgan fingerprint density at radius 2 is 2.08 bits per heavy atom. The maximum Gasteiger partial charge on any atom is 0.282 e. The Hall–Kier alpha value is -1.51. The van der Waals surface area contributed by atoms with Gasteiger partial charge >= 0.3 is 0 Å². The number of fused-ring (bicyclic) bond motifs is 3. The number of hydrogen-bond acceptors (Lipinski definition) is 5. The quantitative estimate of drug-likeness (QED) is 0.548. The van der Waals surface area contributed by atoms with Crippen LogP contribution < -0.4 is 5.56 Å². The molecule has 0 spiro atoms. The van der Waals surface area contributed by atoms with Crippen molar-refractivity contribution in [1.29, 1.82) is 0 Å². The van der Waals surface area contributed by atoms with E-state index >= 15 is 0 Å². The summed E-state index contributed by atoms with van der Waals surface area (Å²) in [5, 5.41) is 15.0. The van der Waals surface area contributed by atoms with Gasteiger partial charge in [0.2, 0.25) is 0 Å². The molecule has 0 fully saturated rings. The van der Waals surface area contributed by atoms with E-state index in [2.05, 4.69) is 41.9 Å². The molecule has 1 aromatic carbocycles. The predicted octanol–water partition coefficient (Wildman–Crippen LogP) is 4.45. The number of rotatable bonds is 2. The summed E-state index contributed by atoms with van der Waals surface area (Å²) in [4.78, 5) is 19.3. The SMILES string of the molecule is O=c1c2c3c(sc2ncn1/N=C/c1cc(Br)cc(Br)c1O)CCCC3. The van der Waals surface area contributed by atoms with Crippen molar-refractivity contribution in [1.82, 2.24) is 9.66 Å². The van der Waals surface area contributed by atoms with Crippen LogP contribution in [0.15, 0.2) is 37.3 Å². The Balaban J connectivity index is 1.80. The lowest BCUT2D eigenvalue weighted by Gasteiger charge is -2.09. The molecule has 2 heterocycles. The van der Waals surface area contributed by atoms with Crippen LogP contribution in [-0.4, -0.2) is 21.0 Å². The molecule has 128 valence electrons. The van der Waals surface area contributed by atoms with Gasteiger partial charge < -0.3 is 5.11 Å². The average molecular weight is 483 g/mol. The molecule has 0 unspecified atom stereocenters. The summed E-state index contributed by atoms with van der Waals surface area (Å²) >= 11 is 8.27. The van der Waals surface area contributed by atoms with Crippen LogP contribution in [0.2, 0.25) is 0 Å². The van der Waals surface area contributed by atoms with Crippen LogP contribution in [0.3, 0.4) is 0 Å². The Morgan fingerprint density at radius 1 is 1.28 bits per heavy atom. The van der Waals surface area contributed by atoms with Gasteiger partial charge in [-0.15, -0.1) is 11.3 Å². The summed E-state index contributed by atoms with van der Waals surface area (Å²) in [6.45, 7) is 0. The van der Waals surface area contributed by atoms with Gasteiger partial charge in [0, 0.05) is 14.9 Å². The van der Waals surface area contributed by atoms with E-state index in [4.69, 9.17) is 0 Å². The Kier molecular flexibility index (Phi) is 4.51. The van der Waals surface area contributed by atoms with Gasteiger partial charge in [0.15, 0.2) is 0 Å². The van der Waals surface area contributed by atoms with E-state index in [1.54, 1.807) is 23.5 Å². The Labute approximate surface area is 164 Å². The minimum absolute atomic E-state index is 0.0712. The first kappa shape index (κ1) is 16.9. The highest BCUT2D eigenvalue weighted by Crippen LogP contribution is 2.33. The van der Waals surface area contributed by atoms with E-state index in [-0.39, 0.29) is 11.3 Å². The number of nitrogens with zero attached hydrogens (tertiary/aromatic N) is 3. The summed E-state index contributed by atoms with van der Waals surface area (Å²) < 4.78 is 2.58. The second-order valence-corrected chi connectivity index (χ2v) is 8.71.